The fourth-order valence-corrected chi connectivity index (χ4v) is 2.62. The number of carbonyl (C=O) groups excluding carboxylic acids is 1. The average Bonchev–Trinajstić information content (AvgIpc) is 3.04. The number of benzene rings is 1. The fourth-order valence-electron chi connectivity index (χ4n) is 1.95. The molecule has 0 aliphatic heterocycles. The van der Waals surface area contributed by atoms with Crippen molar-refractivity contribution >= 4 is 17.2 Å². The summed E-state index contributed by atoms with van der Waals surface area (Å²) in [5, 5.41) is 6.82. The highest BCUT2D eigenvalue weighted by molar-refractivity contribution is 7.07. The third kappa shape index (κ3) is 3.28. The summed E-state index contributed by atoms with van der Waals surface area (Å²) in [5.74, 6) is 1.06. The number of thiophene rings is 1. The van der Waals surface area contributed by atoms with Gasteiger partial charge >= 0.3 is 0 Å². The van der Waals surface area contributed by atoms with Crippen molar-refractivity contribution in [2.24, 2.45) is 0 Å². The first-order valence-electron chi connectivity index (χ1n) is 6.29. The SMILES string of the molecule is COc1ccc(C(=O)NCc2ccsc2)c(OC)c1OC. The number of methoxy groups -OCH3 is 3. The first-order chi connectivity index (χ1) is 10.2. The highest BCUT2D eigenvalue weighted by Crippen LogP contribution is 2.39. The van der Waals surface area contributed by atoms with Gasteiger partial charge in [0.2, 0.25) is 5.75 Å². The van der Waals surface area contributed by atoms with Gasteiger partial charge in [0.1, 0.15) is 0 Å². The lowest BCUT2D eigenvalue weighted by Gasteiger charge is -2.15. The molecular formula is C15H17NO4S. The zero-order valence-electron chi connectivity index (χ0n) is 12.1. The summed E-state index contributed by atoms with van der Waals surface area (Å²) in [4.78, 5) is 12.3. The number of carbonyl (C=O) groups is 1. The Kier molecular flexibility index (Phi) is 5.05. The van der Waals surface area contributed by atoms with Gasteiger partial charge in [0, 0.05) is 6.54 Å². The molecule has 1 heterocycles. The molecule has 112 valence electrons. The molecule has 1 amide bonds. The van der Waals surface area contributed by atoms with Crippen LogP contribution in [0.2, 0.25) is 0 Å². The van der Waals surface area contributed by atoms with Crippen LogP contribution in [0, 0.1) is 0 Å². The van der Waals surface area contributed by atoms with E-state index in [0.29, 0.717) is 29.4 Å². The van der Waals surface area contributed by atoms with Crippen LogP contribution in [0.3, 0.4) is 0 Å². The first kappa shape index (κ1) is 15.2. The van der Waals surface area contributed by atoms with Crippen LogP contribution < -0.4 is 19.5 Å². The van der Waals surface area contributed by atoms with Crippen molar-refractivity contribution in [1.82, 2.24) is 5.32 Å². The van der Waals surface area contributed by atoms with Gasteiger partial charge in [0.05, 0.1) is 26.9 Å². The lowest BCUT2D eigenvalue weighted by Crippen LogP contribution is -2.23. The molecule has 6 heteroatoms. The molecule has 1 N–H and O–H groups in total. The Hall–Kier alpha value is -2.21. The van der Waals surface area contributed by atoms with Gasteiger partial charge in [-0.05, 0) is 34.5 Å². The van der Waals surface area contributed by atoms with Gasteiger partial charge in [0.15, 0.2) is 11.5 Å². The van der Waals surface area contributed by atoms with E-state index in [1.807, 2.05) is 16.8 Å². The smallest absolute Gasteiger partial charge is 0.255 e. The summed E-state index contributed by atoms with van der Waals surface area (Å²) < 4.78 is 15.8. The summed E-state index contributed by atoms with van der Waals surface area (Å²) in [6, 6.07) is 5.31. The van der Waals surface area contributed by atoms with Crippen LogP contribution in [0.1, 0.15) is 15.9 Å². The molecule has 0 radical (unpaired) electrons. The van der Waals surface area contributed by atoms with Gasteiger partial charge in [-0.1, -0.05) is 0 Å². The normalized spacial score (nSPS) is 10.0. The fraction of sp³-hybridized carbons (Fsp3) is 0.267. The van der Waals surface area contributed by atoms with E-state index >= 15 is 0 Å². The molecule has 5 nitrogen and oxygen atoms in total. The predicted octanol–water partition coefficient (Wildman–Crippen LogP) is 2.70. The standard InChI is InChI=1S/C15H17NO4S/c1-18-12-5-4-11(13(19-2)14(12)20-3)15(17)16-8-10-6-7-21-9-10/h4-7,9H,8H2,1-3H3,(H,16,17). The number of ether oxygens (including phenoxy) is 3. The van der Waals surface area contributed by atoms with Crippen LogP contribution >= 0.6 is 11.3 Å². The number of hydrogen-bond acceptors (Lipinski definition) is 5. The monoisotopic (exact) mass is 307 g/mol. The molecule has 0 aliphatic carbocycles. The molecule has 0 saturated carbocycles. The molecule has 21 heavy (non-hydrogen) atoms. The van der Waals surface area contributed by atoms with E-state index in [-0.39, 0.29) is 5.91 Å². The summed E-state index contributed by atoms with van der Waals surface area (Å²) >= 11 is 1.59. The number of rotatable bonds is 6. The molecule has 0 bridgehead atoms. The van der Waals surface area contributed by atoms with Crippen molar-refractivity contribution in [1.29, 1.82) is 0 Å². The van der Waals surface area contributed by atoms with E-state index in [9.17, 15) is 4.79 Å². The Morgan fingerprint density at radius 1 is 1.10 bits per heavy atom. The van der Waals surface area contributed by atoms with Gasteiger partial charge in [-0.25, -0.2) is 0 Å². The molecule has 0 aliphatic rings. The zero-order chi connectivity index (χ0) is 15.2. The average molecular weight is 307 g/mol. The summed E-state index contributed by atoms with van der Waals surface area (Å²) in [6.45, 7) is 0.472. The Bertz CT molecular complexity index is 610. The molecule has 1 aromatic heterocycles. The third-order valence-corrected chi connectivity index (χ3v) is 3.71. The van der Waals surface area contributed by atoms with Crippen molar-refractivity contribution in [3.05, 3.63) is 40.1 Å². The summed E-state index contributed by atoms with van der Waals surface area (Å²) in [7, 11) is 4.54. The van der Waals surface area contributed by atoms with Crippen LogP contribution in [0.4, 0.5) is 0 Å². The topological polar surface area (TPSA) is 56.8 Å². The highest BCUT2D eigenvalue weighted by atomic mass is 32.1. The van der Waals surface area contributed by atoms with Crippen LogP contribution in [0.5, 0.6) is 17.2 Å². The van der Waals surface area contributed by atoms with Crippen molar-refractivity contribution in [3.63, 3.8) is 0 Å². The quantitative estimate of drug-likeness (QED) is 0.891. The van der Waals surface area contributed by atoms with E-state index in [1.165, 1.54) is 21.3 Å². The summed E-state index contributed by atoms with van der Waals surface area (Å²) in [6.07, 6.45) is 0. The zero-order valence-corrected chi connectivity index (χ0v) is 13.0. The largest absolute Gasteiger partial charge is 0.493 e. The Balaban J connectivity index is 2.23. The van der Waals surface area contributed by atoms with E-state index in [0.717, 1.165) is 5.56 Å². The molecule has 0 saturated heterocycles. The van der Waals surface area contributed by atoms with Gasteiger partial charge in [0.25, 0.3) is 5.91 Å². The lowest BCUT2D eigenvalue weighted by atomic mass is 10.1. The Morgan fingerprint density at radius 3 is 2.43 bits per heavy atom. The van der Waals surface area contributed by atoms with Crippen LogP contribution in [0.25, 0.3) is 0 Å². The van der Waals surface area contributed by atoms with Crippen molar-refractivity contribution in [2.45, 2.75) is 6.54 Å². The number of amides is 1. The minimum Gasteiger partial charge on any atom is -0.493 e. The first-order valence-corrected chi connectivity index (χ1v) is 7.23. The molecule has 1 aromatic carbocycles. The van der Waals surface area contributed by atoms with Crippen molar-refractivity contribution in [3.8, 4) is 17.2 Å². The third-order valence-electron chi connectivity index (χ3n) is 2.98. The van der Waals surface area contributed by atoms with E-state index in [2.05, 4.69) is 5.32 Å². The lowest BCUT2D eigenvalue weighted by molar-refractivity contribution is 0.0947. The van der Waals surface area contributed by atoms with E-state index in [1.54, 1.807) is 23.5 Å². The second-order valence-electron chi connectivity index (χ2n) is 4.20. The van der Waals surface area contributed by atoms with Gasteiger partial charge < -0.3 is 19.5 Å². The van der Waals surface area contributed by atoms with Gasteiger partial charge in [-0.2, -0.15) is 11.3 Å². The molecule has 0 fully saturated rings. The minimum atomic E-state index is -0.223. The molecular weight excluding hydrogens is 290 g/mol. The second kappa shape index (κ2) is 6.99. The Morgan fingerprint density at radius 2 is 1.86 bits per heavy atom. The maximum absolute atomic E-state index is 12.3. The minimum absolute atomic E-state index is 0.223. The van der Waals surface area contributed by atoms with Crippen molar-refractivity contribution < 1.29 is 19.0 Å². The molecule has 2 rings (SSSR count). The van der Waals surface area contributed by atoms with Crippen LogP contribution in [-0.2, 0) is 6.54 Å². The maximum Gasteiger partial charge on any atom is 0.255 e. The van der Waals surface area contributed by atoms with Gasteiger partial charge in [-0.15, -0.1) is 0 Å². The summed E-state index contributed by atoms with van der Waals surface area (Å²) in [5.41, 5.74) is 1.47. The Labute approximate surface area is 127 Å². The van der Waals surface area contributed by atoms with E-state index in [4.69, 9.17) is 14.2 Å². The highest BCUT2D eigenvalue weighted by Gasteiger charge is 2.20. The van der Waals surface area contributed by atoms with Crippen LogP contribution in [-0.4, -0.2) is 27.2 Å². The van der Waals surface area contributed by atoms with Gasteiger partial charge in [-0.3, -0.25) is 4.79 Å². The second-order valence-corrected chi connectivity index (χ2v) is 4.98. The molecule has 0 unspecified atom stereocenters. The predicted molar refractivity (Wildman–Crippen MR) is 81.6 cm³/mol. The number of hydrogen-bond donors (Lipinski definition) is 1. The maximum atomic E-state index is 12.3. The van der Waals surface area contributed by atoms with E-state index < -0.39 is 0 Å². The van der Waals surface area contributed by atoms with Crippen molar-refractivity contribution in [2.75, 3.05) is 21.3 Å². The molecule has 0 spiro atoms. The molecule has 2 aromatic rings. The molecule has 0 atom stereocenters. The van der Waals surface area contributed by atoms with Crippen LogP contribution in [0.15, 0.2) is 29.0 Å². The number of nitrogens with one attached hydrogen (secondary N) is 1.